The van der Waals surface area contributed by atoms with Crippen LogP contribution >= 0.6 is 23.2 Å². The first-order chi connectivity index (χ1) is 11.5. The van der Waals surface area contributed by atoms with Gasteiger partial charge >= 0.3 is 5.97 Å². The van der Waals surface area contributed by atoms with Gasteiger partial charge in [-0.05, 0) is 31.0 Å². The summed E-state index contributed by atoms with van der Waals surface area (Å²) in [7, 11) is 0. The zero-order chi connectivity index (χ0) is 17.4. The number of carbonyl (C=O) groups is 1. The van der Waals surface area contributed by atoms with Crippen molar-refractivity contribution in [3.05, 3.63) is 28.2 Å². The fraction of sp³-hybridized carbons (Fsp3) is 0.529. The van der Waals surface area contributed by atoms with Gasteiger partial charge in [0.05, 0.1) is 5.69 Å². The second kappa shape index (κ2) is 9.74. The van der Waals surface area contributed by atoms with Crippen LogP contribution < -0.4 is 10.6 Å². The molecule has 0 radical (unpaired) electrons. The van der Waals surface area contributed by atoms with Crippen LogP contribution in [0.4, 0.5) is 5.69 Å². The first-order valence-corrected chi connectivity index (χ1v) is 9.05. The van der Waals surface area contributed by atoms with Crippen molar-refractivity contribution in [3.63, 3.8) is 0 Å². The van der Waals surface area contributed by atoms with E-state index in [4.69, 9.17) is 28.3 Å². The minimum Gasteiger partial charge on any atom is -0.480 e. The number of carboxylic acid groups (broad SMARTS) is 1. The second-order valence-electron chi connectivity index (χ2n) is 6.02. The van der Waals surface area contributed by atoms with E-state index in [1.165, 1.54) is 32.1 Å². The molecule has 24 heavy (non-hydrogen) atoms. The van der Waals surface area contributed by atoms with Gasteiger partial charge in [0.25, 0.3) is 0 Å². The molecule has 0 aromatic heterocycles. The molecule has 2 rings (SSSR count). The van der Waals surface area contributed by atoms with Crippen molar-refractivity contribution in [1.82, 2.24) is 10.6 Å². The van der Waals surface area contributed by atoms with E-state index in [2.05, 4.69) is 15.6 Å². The Bertz CT molecular complexity index is 565. The van der Waals surface area contributed by atoms with E-state index in [1.807, 2.05) is 0 Å². The van der Waals surface area contributed by atoms with Crippen molar-refractivity contribution in [2.75, 3.05) is 6.54 Å². The van der Waals surface area contributed by atoms with Gasteiger partial charge in [0.15, 0.2) is 5.96 Å². The van der Waals surface area contributed by atoms with Crippen molar-refractivity contribution in [3.8, 4) is 0 Å². The zero-order valence-electron chi connectivity index (χ0n) is 13.5. The molecule has 3 N–H and O–H groups in total. The third kappa shape index (κ3) is 6.97. The van der Waals surface area contributed by atoms with Crippen LogP contribution in [0.2, 0.25) is 10.0 Å². The van der Waals surface area contributed by atoms with Crippen LogP contribution in [0.3, 0.4) is 0 Å². The Kier molecular flexibility index (Phi) is 7.66. The Balaban J connectivity index is 2.12. The lowest BCUT2D eigenvalue weighted by atomic mass is 9.97. The number of hydrogen-bond acceptors (Lipinski definition) is 2. The zero-order valence-corrected chi connectivity index (χ0v) is 15.0. The molecule has 0 saturated heterocycles. The maximum absolute atomic E-state index is 10.9. The number of nitrogens with one attached hydrogen (secondary N) is 2. The lowest BCUT2D eigenvalue weighted by Gasteiger charge is -2.23. The third-order valence-corrected chi connectivity index (χ3v) is 4.38. The molecule has 132 valence electrons. The normalized spacial score (nSPS) is 17.0. The van der Waals surface area contributed by atoms with Gasteiger partial charge in [0, 0.05) is 16.1 Å². The van der Waals surface area contributed by atoms with Crippen LogP contribution in [0, 0.1) is 0 Å². The van der Waals surface area contributed by atoms with E-state index in [9.17, 15) is 4.79 Å². The fourth-order valence-electron chi connectivity index (χ4n) is 2.81. The molecule has 5 nitrogen and oxygen atoms in total. The van der Waals surface area contributed by atoms with Crippen LogP contribution in [0.5, 0.6) is 0 Å². The van der Waals surface area contributed by atoms with E-state index >= 15 is 0 Å². The van der Waals surface area contributed by atoms with E-state index in [0.29, 0.717) is 27.7 Å². The highest BCUT2D eigenvalue weighted by Crippen LogP contribution is 2.24. The molecular weight excluding hydrogens is 349 g/mol. The average molecular weight is 372 g/mol. The molecule has 0 unspecified atom stereocenters. The molecule has 1 aromatic rings. The Labute approximate surface area is 152 Å². The smallest absolute Gasteiger partial charge is 0.322 e. The van der Waals surface area contributed by atoms with Crippen LogP contribution in [0.1, 0.15) is 44.9 Å². The van der Waals surface area contributed by atoms with Gasteiger partial charge in [-0.2, -0.15) is 0 Å². The molecular formula is C17H23Cl2N3O2. The SMILES string of the molecule is O=C(O)CNC(=Nc1cc(Cl)cc(Cl)c1)NC1CCCCCCC1. The van der Waals surface area contributed by atoms with E-state index in [1.54, 1.807) is 18.2 Å². The molecule has 0 atom stereocenters. The van der Waals surface area contributed by atoms with Gasteiger partial charge in [-0.3, -0.25) is 4.79 Å². The maximum atomic E-state index is 10.9. The summed E-state index contributed by atoms with van der Waals surface area (Å²) in [6.45, 7) is -0.202. The van der Waals surface area contributed by atoms with Gasteiger partial charge in [0.1, 0.15) is 6.54 Å². The van der Waals surface area contributed by atoms with E-state index < -0.39 is 5.97 Å². The van der Waals surface area contributed by atoms with Crippen molar-refractivity contribution in [2.24, 2.45) is 4.99 Å². The predicted molar refractivity (Wildman–Crippen MR) is 98.4 cm³/mol. The fourth-order valence-corrected chi connectivity index (χ4v) is 3.32. The summed E-state index contributed by atoms with van der Waals surface area (Å²) in [5.41, 5.74) is 0.582. The minimum absolute atomic E-state index is 0.202. The van der Waals surface area contributed by atoms with Gasteiger partial charge in [-0.1, -0.05) is 55.3 Å². The van der Waals surface area contributed by atoms with Gasteiger partial charge < -0.3 is 15.7 Å². The lowest BCUT2D eigenvalue weighted by Crippen LogP contribution is -2.45. The minimum atomic E-state index is -0.939. The largest absolute Gasteiger partial charge is 0.480 e. The average Bonchev–Trinajstić information content (AvgIpc) is 2.46. The molecule has 0 bridgehead atoms. The number of carboxylic acids is 1. The van der Waals surface area contributed by atoms with Crippen LogP contribution in [0.15, 0.2) is 23.2 Å². The third-order valence-electron chi connectivity index (χ3n) is 3.94. The second-order valence-corrected chi connectivity index (χ2v) is 6.89. The molecule has 0 aliphatic heterocycles. The van der Waals surface area contributed by atoms with Crippen LogP contribution in [0.25, 0.3) is 0 Å². The van der Waals surface area contributed by atoms with Gasteiger partial charge in [0.2, 0.25) is 0 Å². The van der Waals surface area contributed by atoms with E-state index in [-0.39, 0.29) is 6.54 Å². The summed E-state index contributed by atoms with van der Waals surface area (Å²) in [6, 6.07) is 5.31. The predicted octanol–water partition coefficient (Wildman–Crippen LogP) is 4.36. The highest BCUT2D eigenvalue weighted by Gasteiger charge is 2.14. The number of aliphatic imine (C=N–C) groups is 1. The number of aliphatic carboxylic acids is 1. The molecule has 0 spiro atoms. The molecule has 0 heterocycles. The topological polar surface area (TPSA) is 73.7 Å². The number of rotatable bonds is 4. The van der Waals surface area contributed by atoms with Crippen molar-refractivity contribution in [1.29, 1.82) is 0 Å². The van der Waals surface area contributed by atoms with Crippen LogP contribution in [-0.4, -0.2) is 29.6 Å². The maximum Gasteiger partial charge on any atom is 0.322 e. The molecule has 1 aromatic carbocycles. The summed E-state index contributed by atoms with van der Waals surface area (Å²) >= 11 is 12.0. The summed E-state index contributed by atoms with van der Waals surface area (Å²) in [5.74, 6) is -0.493. The summed E-state index contributed by atoms with van der Waals surface area (Å²) in [5, 5.41) is 16.1. The number of benzene rings is 1. The molecule has 1 aliphatic rings. The quantitative estimate of drug-likeness (QED) is 0.542. The Hall–Kier alpha value is -1.46. The Morgan fingerprint density at radius 1 is 1.08 bits per heavy atom. The first kappa shape index (κ1) is 18.9. The van der Waals surface area contributed by atoms with E-state index in [0.717, 1.165) is 12.8 Å². The number of nitrogens with zero attached hydrogens (tertiary/aromatic N) is 1. The first-order valence-electron chi connectivity index (χ1n) is 8.30. The van der Waals surface area contributed by atoms with Crippen molar-refractivity contribution >= 4 is 40.8 Å². The molecule has 0 amide bonds. The number of guanidine groups is 1. The van der Waals surface area contributed by atoms with Crippen molar-refractivity contribution in [2.45, 2.75) is 51.0 Å². The van der Waals surface area contributed by atoms with Crippen LogP contribution in [-0.2, 0) is 4.79 Å². The summed E-state index contributed by atoms with van der Waals surface area (Å²) in [4.78, 5) is 15.3. The van der Waals surface area contributed by atoms with Gasteiger partial charge in [-0.15, -0.1) is 0 Å². The van der Waals surface area contributed by atoms with Crippen molar-refractivity contribution < 1.29 is 9.90 Å². The molecule has 1 aliphatic carbocycles. The highest BCUT2D eigenvalue weighted by atomic mass is 35.5. The highest BCUT2D eigenvalue weighted by molar-refractivity contribution is 6.35. The summed E-state index contributed by atoms with van der Waals surface area (Å²) < 4.78 is 0. The standard InChI is InChI=1S/C17H23Cl2N3O2/c18-12-8-13(19)10-15(9-12)22-17(20-11-16(23)24)21-14-6-4-2-1-3-5-7-14/h8-10,14H,1-7,11H2,(H,23,24)(H2,20,21,22). The summed E-state index contributed by atoms with van der Waals surface area (Å²) in [6.07, 6.45) is 8.26. The molecule has 7 heteroatoms. The number of hydrogen-bond donors (Lipinski definition) is 3. The lowest BCUT2D eigenvalue weighted by molar-refractivity contribution is -0.135. The monoisotopic (exact) mass is 371 g/mol. The molecule has 1 fully saturated rings. The Morgan fingerprint density at radius 3 is 2.25 bits per heavy atom. The number of halogens is 2. The van der Waals surface area contributed by atoms with Gasteiger partial charge in [-0.25, -0.2) is 4.99 Å². The molecule has 1 saturated carbocycles. The Morgan fingerprint density at radius 2 is 1.67 bits per heavy atom.